The molecule has 1 aromatic rings. The van der Waals surface area contributed by atoms with Gasteiger partial charge in [0.1, 0.15) is 0 Å². The predicted octanol–water partition coefficient (Wildman–Crippen LogP) is 2.78. The summed E-state index contributed by atoms with van der Waals surface area (Å²) in [5, 5.41) is 2.78. The lowest BCUT2D eigenvalue weighted by atomic mass is 10.2. The lowest BCUT2D eigenvalue weighted by Crippen LogP contribution is -2.10. The number of nitrogens with two attached hydrogens (primary N) is 1. The minimum Gasteiger partial charge on any atom is -0.397 e. The van der Waals surface area contributed by atoms with E-state index in [4.69, 9.17) is 10.5 Å². The normalized spacial score (nSPS) is 10.5. The largest absolute Gasteiger partial charge is 0.397 e. The third kappa shape index (κ3) is 4.19. The molecular formula is C12H18F2N2O. The van der Waals surface area contributed by atoms with Crippen LogP contribution in [0.25, 0.3) is 0 Å². The molecule has 0 spiro atoms. The fourth-order valence-corrected chi connectivity index (χ4v) is 1.38. The van der Waals surface area contributed by atoms with Gasteiger partial charge in [0.05, 0.1) is 11.4 Å². The second kappa shape index (κ2) is 7.06. The number of anilines is 2. The third-order valence-corrected chi connectivity index (χ3v) is 2.24. The van der Waals surface area contributed by atoms with Gasteiger partial charge in [0, 0.05) is 19.8 Å². The summed E-state index contributed by atoms with van der Waals surface area (Å²) in [7, 11) is 0. The topological polar surface area (TPSA) is 47.3 Å². The lowest BCUT2D eigenvalue weighted by molar-refractivity contribution is 0.134. The van der Waals surface area contributed by atoms with Crippen molar-refractivity contribution in [3.05, 3.63) is 23.8 Å². The van der Waals surface area contributed by atoms with Crippen molar-refractivity contribution < 1.29 is 13.5 Å². The fraction of sp³-hybridized carbons (Fsp3) is 0.500. The van der Waals surface area contributed by atoms with Crippen LogP contribution >= 0.6 is 0 Å². The van der Waals surface area contributed by atoms with Gasteiger partial charge in [0.2, 0.25) is 0 Å². The molecular weight excluding hydrogens is 226 g/mol. The van der Waals surface area contributed by atoms with Crippen LogP contribution in [-0.4, -0.2) is 19.8 Å². The Kier molecular flexibility index (Phi) is 5.69. The Hall–Kier alpha value is -1.36. The van der Waals surface area contributed by atoms with Gasteiger partial charge in [-0.2, -0.15) is 0 Å². The van der Waals surface area contributed by atoms with Gasteiger partial charge in [-0.1, -0.05) is 6.92 Å². The molecule has 0 fully saturated rings. The summed E-state index contributed by atoms with van der Waals surface area (Å²) in [5.74, 6) is -1.83. The van der Waals surface area contributed by atoms with Crippen molar-refractivity contribution in [3.63, 3.8) is 0 Å². The maximum absolute atomic E-state index is 13.3. The zero-order valence-corrected chi connectivity index (χ0v) is 9.93. The Morgan fingerprint density at radius 3 is 2.76 bits per heavy atom. The highest BCUT2D eigenvalue weighted by molar-refractivity contribution is 5.66. The number of nitrogens with one attached hydrogen (secondary N) is 1. The van der Waals surface area contributed by atoms with Crippen LogP contribution < -0.4 is 11.1 Å². The SMILES string of the molecule is CCCOCCCNc1c(N)ccc(F)c1F. The minimum absolute atomic E-state index is 0.0282. The molecule has 3 N–H and O–H groups in total. The van der Waals surface area contributed by atoms with Crippen LogP contribution in [0.5, 0.6) is 0 Å². The van der Waals surface area contributed by atoms with Crippen molar-refractivity contribution in [2.24, 2.45) is 0 Å². The van der Waals surface area contributed by atoms with Crippen LogP contribution in [0.1, 0.15) is 19.8 Å². The highest BCUT2D eigenvalue weighted by Crippen LogP contribution is 2.24. The van der Waals surface area contributed by atoms with Crippen LogP contribution in [0.3, 0.4) is 0 Å². The molecule has 5 heteroatoms. The number of hydrogen-bond acceptors (Lipinski definition) is 3. The molecule has 0 aliphatic rings. The van der Waals surface area contributed by atoms with E-state index in [1.807, 2.05) is 6.92 Å². The van der Waals surface area contributed by atoms with E-state index >= 15 is 0 Å². The van der Waals surface area contributed by atoms with E-state index in [-0.39, 0.29) is 11.4 Å². The van der Waals surface area contributed by atoms with E-state index < -0.39 is 11.6 Å². The Labute approximate surface area is 100.0 Å². The Morgan fingerprint density at radius 1 is 1.29 bits per heavy atom. The minimum atomic E-state index is -0.931. The molecule has 0 aliphatic carbocycles. The van der Waals surface area contributed by atoms with Gasteiger partial charge < -0.3 is 15.8 Å². The molecule has 0 saturated heterocycles. The van der Waals surface area contributed by atoms with E-state index in [2.05, 4.69) is 5.32 Å². The van der Waals surface area contributed by atoms with Gasteiger partial charge in [-0.25, -0.2) is 8.78 Å². The summed E-state index contributed by atoms with van der Waals surface area (Å²) < 4.78 is 31.5. The van der Waals surface area contributed by atoms with Crippen molar-refractivity contribution >= 4 is 11.4 Å². The fourth-order valence-electron chi connectivity index (χ4n) is 1.38. The van der Waals surface area contributed by atoms with E-state index in [9.17, 15) is 8.78 Å². The van der Waals surface area contributed by atoms with E-state index in [0.29, 0.717) is 13.2 Å². The second-order valence-corrected chi connectivity index (χ2v) is 3.72. The van der Waals surface area contributed by atoms with Crippen molar-refractivity contribution in [2.45, 2.75) is 19.8 Å². The van der Waals surface area contributed by atoms with Crippen LogP contribution in [0, 0.1) is 11.6 Å². The smallest absolute Gasteiger partial charge is 0.183 e. The average molecular weight is 244 g/mol. The summed E-state index contributed by atoms with van der Waals surface area (Å²) in [6, 6.07) is 2.36. The molecule has 0 saturated carbocycles. The van der Waals surface area contributed by atoms with Crippen molar-refractivity contribution in [3.8, 4) is 0 Å². The third-order valence-electron chi connectivity index (χ3n) is 2.24. The van der Waals surface area contributed by atoms with E-state index in [1.165, 1.54) is 6.07 Å². The highest BCUT2D eigenvalue weighted by atomic mass is 19.2. The first-order valence-corrected chi connectivity index (χ1v) is 5.72. The van der Waals surface area contributed by atoms with E-state index in [0.717, 1.165) is 25.5 Å². The molecule has 0 amide bonds. The Balaban J connectivity index is 2.39. The molecule has 3 nitrogen and oxygen atoms in total. The number of nitrogen functional groups attached to an aromatic ring is 1. The molecule has 0 radical (unpaired) electrons. The molecule has 0 unspecified atom stereocenters. The van der Waals surface area contributed by atoms with Crippen molar-refractivity contribution in [1.82, 2.24) is 0 Å². The van der Waals surface area contributed by atoms with E-state index in [1.54, 1.807) is 0 Å². The standard InChI is InChI=1S/C12H18F2N2O/c1-2-7-17-8-3-6-16-12-10(15)5-4-9(13)11(12)14/h4-5,16H,2-3,6-8,15H2,1H3. The molecule has 17 heavy (non-hydrogen) atoms. The number of halogens is 2. The first-order chi connectivity index (χ1) is 8.16. The van der Waals surface area contributed by atoms with Gasteiger partial charge in [0.15, 0.2) is 11.6 Å². The molecule has 0 bridgehead atoms. The maximum Gasteiger partial charge on any atom is 0.183 e. The highest BCUT2D eigenvalue weighted by Gasteiger charge is 2.10. The van der Waals surface area contributed by atoms with Crippen LogP contribution in [0.2, 0.25) is 0 Å². The Morgan fingerprint density at radius 2 is 2.06 bits per heavy atom. The Bertz CT molecular complexity index is 359. The van der Waals surface area contributed by atoms with Gasteiger partial charge in [0.25, 0.3) is 0 Å². The number of ether oxygens (including phenoxy) is 1. The van der Waals surface area contributed by atoms with Gasteiger partial charge in [-0.05, 0) is 25.0 Å². The molecule has 1 aromatic carbocycles. The zero-order valence-electron chi connectivity index (χ0n) is 9.93. The number of benzene rings is 1. The second-order valence-electron chi connectivity index (χ2n) is 3.72. The summed E-state index contributed by atoms with van der Waals surface area (Å²) in [5.41, 5.74) is 5.79. The summed E-state index contributed by atoms with van der Waals surface area (Å²) >= 11 is 0. The lowest BCUT2D eigenvalue weighted by Gasteiger charge is -2.10. The zero-order chi connectivity index (χ0) is 12.7. The number of rotatable bonds is 7. The molecule has 0 aromatic heterocycles. The molecule has 0 atom stereocenters. The average Bonchev–Trinajstić information content (AvgIpc) is 2.32. The molecule has 0 aliphatic heterocycles. The molecule has 0 heterocycles. The first kappa shape index (κ1) is 13.7. The van der Waals surface area contributed by atoms with Crippen LogP contribution in [0.4, 0.5) is 20.2 Å². The van der Waals surface area contributed by atoms with Gasteiger partial charge in [-0.15, -0.1) is 0 Å². The van der Waals surface area contributed by atoms with Crippen molar-refractivity contribution in [1.29, 1.82) is 0 Å². The quantitative estimate of drug-likeness (QED) is 0.572. The van der Waals surface area contributed by atoms with Gasteiger partial charge in [-0.3, -0.25) is 0 Å². The van der Waals surface area contributed by atoms with Crippen LogP contribution in [-0.2, 0) is 4.74 Å². The molecule has 96 valence electrons. The van der Waals surface area contributed by atoms with Gasteiger partial charge >= 0.3 is 0 Å². The van der Waals surface area contributed by atoms with Crippen molar-refractivity contribution in [2.75, 3.05) is 30.8 Å². The maximum atomic E-state index is 13.3. The monoisotopic (exact) mass is 244 g/mol. The predicted molar refractivity (Wildman–Crippen MR) is 65.0 cm³/mol. The first-order valence-electron chi connectivity index (χ1n) is 5.72. The number of hydrogen-bond donors (Lipinski definition) is 2. The summed E-state index contributed by atoms with van der Waals surface area (Å²) in [4.78, 5) is 0. The van der Waals surface area contributed by atoms with Crippen LogP contribution in [0.15, 0.2) is 12.1 Å². The summed E-state index contributed by atoms with van der Waals surface area (Å²) in [6.45, 7) is 3.84. The molecule has 1 rings (SSSR count). The summed E-state index contributed by atoms with van der Waals surface area (Å²) in [6.07, 6.45) is 1.69.